The van der Waals surface area contributed by atoms with Crippen LogP contribution in [0.1, 0.15) is 35.2 Å². The molecule has 2 aliphatic rings. The second-order valence-electron chi connectivity index (χ2n) is 7.38. The van der Waals surface area contributed by atoms with Crippen LogP contribution in [-0.4, -0.2) is 43.0 Å². The highest BCUT2D eigenvalue weighted by atomic mass is 35.5. The lowest BCUT2D eigenvalue weighted by Crippen LogP contribution is -2.46. The number of morpholine rings is 1. The van der Waals surface area contributed by atoms with Crippen molar-refractivity contribution >= 4 is 29.1 Å². The zero-order valence-corrected chi connectivity index (χ0v) is 16.4. The summed E-state index contributed by atoms with van der Waals surface area (Å²) >= 11 is 6.00. The molecular formula is C22H23ClN2O3. The Morgan fingerprint density at radius 1 is 1.04 bits per heavy atom. The van der Waals surface area contributed by atoms with Crippen molar-refractivity contribution in [3.63, 3.8) is 0 Å². The molecule has 0 atom stereocenters. The van der Waals surface area contributed by atoms with Crippen LogP contribution in [0.15, 0.2) is 48.5 Å². The molecule has 2 amide bonds. The lowest BCUT2D eigenvalue weighted by Gasteiger charge is -2.40. The standard InChI is InChI=1S/C22H23ClN2O3/c23-18-7-5-17(6-8-18)22(9-2-10-22)21(27)24-19-4-1-3-16(15-19)20(26)25-11-13-28-14-12-25/h1,3-8,15H,2,9-14H2,(H,24,27). The third kappa shape index (κ3) is 3.64. The number of ether oxygens (including phenoxy) is 1. The van der Waals surface area contributed by atoms with Gasteiger partial charge in [0.1, 0.15) is 0 Å². The van der Waals surface area contributed by atoms with E-state index < -0.39 is 5.41 Å². The van der Waals surface area contributed by atoms with Crippen LogP contribution < -0.4 is 5.32 Å². The van der Waals surface area contributed by atoms with Gasteiger partial charge < -0.3 is 15.0 Å². The van der Waals surface area contributed by atoms with Crippen molar-refractivity contribution < 1.29 is 14.3 Å². The van der Waals surface area contributed by atoms with E-state index >= 15 is 0 Å². The predicted octanol–water partition coefficient (Wildman–Crippen LogP) is 3.87. The molecule has 2 aromatic rings. The lowest BCUT2D eigenvalue weighted by atomic mass is 9.64. The summed E-state index contributed by atoms with van der Waals surface area (Å²) in [5.41, 5.74) is 1.69. The Labute approximate surface area is 169 Å². The molecule has 1 aliphatic carbocycles. The number of rotatable bonds is 4. The van der Waals surface area contributed by atoms with Gasteiger partial charge in [0, 0.05) is 29.4 Å². The molecule has 0 radical (unpaired) electrons. The number of carbonyl (C=O) groups excluding carboxylic acids is 2. The van der Waals surface area contributed by atoms with Gasteiger partial charge in [0.2, 0.25) is 5.91 Å². The zero-order valence-electron chi connectivity index (χ0n) is 15.6. The molecule has 2 fully saturated rings. The second kappa shape index (κ2) is 7.94. The summed E-state index contributed by atoms with van der Waals surface area (Å²) in [4.78, 5) is 27.6. The fourth-order valence-corrected chi connectivity index (χ4v) is 4.00. The molecule has 146 valence electrons. The molecule has 0 aromatic heterocycles. The van der Waals surface area contributed by atoms with Gasteiger partial charge in [-0.05, 0) is 48.7 Å². The van der Waals surface area contributed by atoms with Crippen LogP contribution in [-0.2, 0) is 14.9 Å². The van der Waals surface area contributed by atoms with Crippen molar-refractivity contribution in [2.24, 2.45) is 0 Å². The monoisotopic (exact) mass is 398 g/mol. The molecule has 1 heterocycles. The average Bonchev–Trinajstić information content (AvgIpc) is 2.69. The minimum Gasteiger partial charge on any atom is -0.378 e. The van der Waals surface area contributed by atoms with Gasteiger partial charge in [-0.1, -0.05) is 36.2 Å². The Morgan fingerprint density at radius 3 is 2.39 bits per heavy atom. The van der Waals surface area contributed by atoms with Crippen LogP contribution in [0.5, 0.6) is 0 Å². The first kappa shape index (κ1) is 19.0. The van der Waals surface area contributed by atoms with E-state index in [-0.39, 0.29) is 11.8 Å². The van der Waals surface area contributed by atoms with Gasteiger partial charge in [0.05, 0.1) is 18.6 Å². The van der Waals surface area contributed by atoms with Gasteiger partial charge in [-0.3, -0.25) is 9.59 Å². The Morgan fingerprint density at radius 2 is 1.75 bits per heavy atom. The Bertz CT molecular complexity index is 872. The van der Waals surface area contributed by atoms with E-state index in [1.807, 2.05) is 30.3 Å². The highest BCUT2D eigenvalue weighted by molar-refractivity contribution is 6.30. The topological polar surface area (TPSA) is 58.6 Å². The summed E-state index contributed by atoms with van der Waals surface area (Å²) in [6.45, 7) is 2.31. The van der Waals surface area contributed by atoms with Crippen LogP contribution in [0.25, 0.3) is 0 Å². The molecule has 1 saturated carbocycles. The van der Waals surface area contributed by atoms with Crippen LogP contribution >= 0.6 is 11.6 Å². The first-order valence-electron chi connectivity index (χ1n) is 9.63. The maximum absolute atomic E-state index is 13.1. The van der Waals surface area contributed by atoms with Crippen molar-refractivity contribution in [1.82, 2.24) is 4.90 Å². The number of carbonyl (C=O) groups is 2. The number of nitrogens with one attached hydrogen (secondary N) is 1. The van der Waals surface area contributed by atoms with Gasteiger partial charge >= 0.3 is 0 Å². The molecule has 28 heavy (non-hydrogen) atoms. The Hall–Kier alpha value is -2.37. The largest absolute Gasteiger partial charge is 0.378 e. The SMILES string of the molecule is O=C(c1cccc(NC(=O)C2(c3ccc(Cl)cc3)CCC2)c1)N1CCOCC1. The van der Waals surface area contributed by atoms with Crippen molar-refractivity contribution in [1.29, 1.82) is 0 Å². The number of nitrogens with zero attached hydrogens (tertiary/aromatic N) is 1. The third-order valence-electron chi connectivity index (χ3n) is 5.70. The Balaban J connectivity index is 1.51. The summed E-state index contributed by atoms with van der Waals surface area (Å²) in [6, 6.07) is 14.7. The minimum atomic E-state index is -0.519. The quantitative estimate of drug-likeness (QED) is 0.850. The molecule has 6 heteroatoms. The maximum Gasteiger partial charge on any atom is 0.254 e. The summed E-state index contributed by atoms with van der Waals surface area (Å²) in [5, 5.41) is 3.69. The third-order valence-corrected chi connectivity index (χ3v) is 5.96. The van der Waals surface area contributed by atoms with Crippen LogP contribution in [0.4, 0.5) is 5.69 Å². The number of benzene rings is 2. The number of hydrogen-bond donors (Lipinski definition) is 1. The van der Waals surface area contributed by atoms with E-state index in [0.29, 0.717) is 42.6 Å². The molecule has 1 N–H and O–H groups in total. The second-order valence-corrected chi connectivity index (χ2v) is 7.82. The van der Waals surface area contributed by atoms with Gasteiger partial charge in [-0.15, -0.1) is 0 Å². The minimum absolute atomic E-state index is 0.0305. The van der Waals surface area contributed by atoms with E-state index in [0.717, 1.165) is 24.8 Å². The molecule has 0 unspecified atom stereocenters. The number of amides is 2. The Kier molecular flexibility index (Phi) is 5.38. The molecular weight excluding hydrogens is 376 g/mol. The number of hydrogen-bond acceptors (Lipinski definition) is 3. The van der Waals surface area contributed by atoms with E-state index in [9.17, 15) is 9.59 Å². The molecule has 2 aromatic carbocycles. The van der Waals surface area contributed by atoms with Crippen molar-refractivity contribution in [3.05, 3.63) is 64.7 Å². The normalized spacial score (nSPS) is 18.2. The molecule has 0 spiro atoms. The predicted molar refractivity (Wildman–Crippen MR) is 109 cm³/mol. The lowest BCUT2D eigenvalue weighted by molar-refractivity contribution is -0.124. The summed E-state index contributed by atoms with van der Waals surface area (Å²) in [6.07, 6.45) is 2.64. The van der Waals surface area contributed by atoms with Crippen molar-refractivity contribution in [2.75, 3.05) is 31.6 Å². The fourth-order valence-electron chi connectivity index (χ4n) is 3.88. The highest BCUT2D eigenvalue weighted by Crippen LogP contribution is 2.44. The van der Waals surface area contributed by atoms with E-state index in [2.05, 4.69) is 5.32 Å². The van der Waals surface area contributed by atoms with E-state index in [4.69, 9.17) is 16.3 Å². The van der Waals surface area contributed by atoms with E-state index in [1.54, 1.807) is 23.1 Å². The summed E-state index contributed by atoms with van der Waals surface area (Å²) < 4.78 is 5.31. The van der Waals surface area contributed by atoms with Gasteiger partial charge in [-0.25, -0.2) is 0 Å². The molecule has 4 rings (SSSR count). The van der Waals surface area contributed by atoms with Crippen LogP contribution in [0.2, 0.25) is 5.02 Å². The average molecular weight is 399 g/mol. The maximum atomic E-state index is 13.1. The number of anilines is 1. The molecule has 0 bridgehead atoms. The molecule has 1 saturated heterocycles. The van der Waals surface area contributed by atoms with Crippen LogP contribution in [0, 0.1) is 0 Å². The summed E-state index contributed by atoms with van der Waals surface area (Å²) in [7, 11) is 0. The van der Waals surface area contributed by atoms with Gasteiger partial charge in [0.25, 0.3) is 5.91 Å². The highest BCUT2D eigenvalue weighted by Gasteiger charge is 2.45. The zero-order chi connectivity index (χ0) is 19.6. The summed E-state index contributed by atoms with van der Waals surface area (Å²) in [5.74, 6) is -0.0625. The van der Waals surface area contributed by atoms with E-state index in [1.165, 1.54) is 0 Å². The molecule has 5 nitrogen and oxygen atoms in total. The van der Waals surface area contributed by atoms with Crippen molar-refractivity contribution in [3.8, 4) is 0 Å². The number of halogens is 1. The fraction of sp³-hybridized carbons (Fsp3) is 0.364. The molecule has 1 aliphatic heterocycles. The smallest absolute Gasteiger partial charge is 0.254 e. The first-order chi connectivity index (χ1) is 13.6. The van der Waals surface area contributed by atoms with Gasteiger partial charge in [-0.2, -0.15) is 0 Å². The van der Waals surface area contributed by atoms with Gasteiger partial charge in [0.15, 0.2) is 0 Å². The first-order valence-corrected chi connectivity index (χ1v) is 10.0. The van der Waals surface area contributed by atoms with Crippen molar-refractivity contribution in [2.45, 2.75) is 24.7 Å². The van der Waals surface area contributed by atoms with Crippen LogP contribution in [0.3, 0.4) is 0 Å².